The molecule has 2 aromatic rings. The van der Waals surface area contributed by atoms with Crippen LogP contribution in [0.3, 0.4) is 0 Å². The molecule has 35 heavy (non-hydrogen) atoms. The van der Waals surface area contributed by atoms with Gasteiger partial charge in [-0.3, -0.25) is 4.79 Å². The number of piperazine rings is 1. The lowest BCUT2D eigenvalue weighted by molar-refractivity contribution is 0.0954. The number of benzene rings is 2. The van der Waals surface area contributed by atoms with E-state index in [-0.39, 0.29) is 5.91 Å². The van der Waals surface area contributed by atoms with Crippen LogP contribution in [0.25, 0.3) is 0 Å². The summed E-state index contributed by atoms with van der Waals surface area (Å²) in [5.41, 5.74) is 2.77. The highest BCUT2D eigenvalue weighted by Crippen LogP contribution is 2.21. The monoisotopic (exact) mass is 515 g/mol. The fourth-order valence-corrected chi connectivity index (χ4v) is 5.00. The zero-order valence-corrected chi connectivity index (χ0v) is 21.6. The van der Waals surface area contributed by atoms with Gasteiger partial charge in [-0.25, -0.2) is 0 Å². The van der Waals surface area contributed by atoms with Crippen molar-refractivity contribution in [2.75, 3.05) is 39.3 Å². The maximum atomic E-state index is 12.6. The quantitative estimate of drug-likeness (QED) is 0.407. The standard InChI is InChI=1S/C27H35Cl2N5O/c28-23-9-8-21(25(29)17-23)10-12-32-27(35)22-6-4-20(5-7-22)19-33-26(34-15-13-30-14-16-34)18-24-3-1-2-11-31-24/h4-9,17-18,24,30-31,33H,1-3,10-16,19H2,(H,32,35). The lowest BCUT2D eigenvalue weighted by atomic mass is 10.0. The van der Waals surface area contributed by atoms with Crippen molar-refractivity contribution in [3.05, 3.63) is 81.1 Å². The highest BCUT2D eigenvalue weighted by molar-refractivity contribution is 6.35. The van der Waals surface area contributed by atoms with E-state index in [2.05, 4.69) is 32.2 Å². The van der Waals surface area contributed by atoms with Gasteiger partial charge in [0.2, 0.25) is 0 Å². The van der Waals surface area contributed by atoms with E-state index in [9.17, 15) is 4.79 Å². The molecule has 0 radical (unpaired) electrons. The van der Waals surface area contributed by atoms with Crippen LogP contribution in [-0.2, 0) is 13.0 Å². The van der Waals surface area contributed by atoms with E-state index in [1.165, 1.54) is 25.1 Å². The molecule has 0 aliphatic carbocycles. The van der Waals surface area contributed by atoms with Crippen LogP contribution in [0.2, 0.25) is 10.0 Å². The lowest BCUT2D eigenvalue weighted by Gasteiger charge is -2.33. The average molecular weight is 517 g/mol. The van der Waals surface area contributed by atoms with Gasteiger partial charge in [-0.15, -0.1) is 0 Å². The molecule has 2 heterocycles. The van der Waals surface area contributed by atoms with E-state index < -0.39 is 0 Å². The Hall–Kier alpha value is -2.25. The fourth-order valence-electron chi connectivity index (χ4n) is 4.50. The van der Waals surface area contributed by atoms with Gasteiger partial charge in [0.15, 0.2) is 0 Å². The third-order valence-electron chi connectivity index (χ3n) is 6.55. The first kappa shape index (κ1) is 25.8. The molecule has 0 aromatic heterocycles. The molecule has 2 aliphatic rings. The molecule has 1 unspecified atom stereocenters. The summed E-state index contributed by atoms with van der Waals surface area (Å²) >= 11 is 12.2. The fraction of sp³-hybridized carbons (Fsp3) is 0.444. The van der Waals surface area contributed by atoms with Gasteiger partial charge in [0.1, 0.15) is 0 Å². The molecule has 4 rings (SSSR count). The second-order valence-corrected chi connectivity index (χ2v) is 9.98. The Balaban J connectivity index is 1.29. The Labute approximate surface area is 218 Å². The number of halogens is 2. The van der Waals surface area contributed by atoms with Crippen LogP contribution in [0, 0.1) is 0 Å². The third kappa shape index (κ3) is 7.87. The smallest absolute Gasteiger partial charge is 0.251 e. The van der Waals surface area contributed by atoms with E-state index >= 15 is 0 Å². The Morgan fingerprint density at radius 1 is 1.03 bits per heavy atom. The molecule has 0 bridgehead atoms. The van der Waals surface area contributed by atoms with E-state index in [0.29, 0.717) is 34.6 Å². The summed E-state index contributed by atoms with van der Waals surface area (Å²) in [5.74, 6) is 1.12. The Morgan fingerprint density at radius 3 is 2.54 bits per heavy atom. The van der Waals surface area contributed by atoms with Crippen LogP contribution in [0.15, 0.2) is 54.4 Å². The normalized spacial score (nSPS) is 18.9. The number of hydrogen-bond acceptors (Lipinski definition) is 5. The second kappa shape index (κ2) is 13.2. The van der Waals surface area contributed by atoms with E-state index in [1.807, 2.05) is 36.4 Å². The number of nitrogens with one attached hydrogen (secondary N) is 4. The van der Waals surface area contributed by atoms with Gasteiger partial charge in [-0.1, -0.05) is 47.8 Å². The summed E-state index contributed by atoms with van der Waals surface area (Å²) < 4.78 is 0. The van der Waals surface area contributed by atoms with Crippen molar-refractivity contribution in [1.29, 1.82) is 0 Å². The largest absolute Gasteiger partial charge is 0.368 e. The average Bonchev–Trinajstić information content (AvgIpc) is 2.89. The van der Waals surface area contributed by atoms with Gasteiger partial charge in [0, 0.05) is 60.9 Å². The van der Waals surface area contributed by atoms with Crippen molar-refractivity contribution in [2.24, 2.45) is 0 Å². The molecule has 1 atom stereocenters. The van der Waals surface area contributed by atoms with Gasteiger partial charge >= 0.3 is 0 Å². The second-order valence-electron chi connectivity index (χ2n) is 9.14. The number of carbonyl (C=O) groups is 1. The minimum absolute atomic E-state index is 0.0839. The number of piperidine rings is 1. The van der Waals surface area contributed by atoms with Crippen LogP contribution >= 0.6 is 23.2 Å². The molecule has 0 spiro atoms. The molecule has 0 saturated carbocycles. The van der Waals surface area contributed by atoms with Crippen molar-refractivity contribution in [3.63, 3.8) is 0 Å². The van der Waals surface area contributed by atoms with Gasteiger partial charge in [-0.05, 0) is 67.3 Å². The number of rotatable bonds is 9. The predicted molar refractivity (Wildman–Crippen MR) is 144 cm³/mol. The maximum absolute atomic E-state index is 12.6. The minimum Gasteiger partial charge on any atom is -0.368 e. The Kier molecular flexibility index (Phi) is 9.72. The summed E-state index contributed by atoms with van der Waals surface area (Å²) in [5, 5.41) is 14.9. The van der Waals surface area contributed by atoms with Crippen LogP contribution < -0.4 is 21.3 Å². The molecule has 2 aromatic carbocycles. The van der Waals surface area contributed by atoms with Crippen LogP contribution in [0.5, 0.6) is 0 Å². The van der Waals surface area contributed by atoms with Crippen LogP contribution in [-0.4, -0.2) is 56.1 Å². The topological polar surface area (TPSA) is 68.4 Å². The number of hydrogen-bond donors (Lipinski definition) is 4. The van der Waals surface area contributed by atoms with Crippen LogP contribution in [0.4, 0.5) is 0 Å². The minimum atomic E-state index is -0.0839. The molecular weight excluding hydrogens is 481 g/mol. The summed E-state index contributed by atoms with van der Waals surface area (Å²) in [6, 6.07) is 13.7. The molecule has 2 saturated heterocycles. The molecule has 2 fully saturated rings. The molecule has 2 aliphatic heterocycles. The molecule has 6 nitrogen and oxygen atoms in total. The summed E-state index contributed by atoms with van der Waals surface area (Å²) in [6.07, 6.45) is 6.74. The number of carbonyl (C=O) groups excluding carboxylic acids is 1. The van der Waals surface area contributed by atoms with Crippen molar-refractivity contribution in [1.82, 2.24) is 26.2 Å². The SMILES string of the molecule is O=C(NCCc1ccc(Cl)cc1Cl)c1ccc(CNC(=CC2CCCCN2)N2CCNCC2)cc1. The van der Waals surface area contributed by atoms with Crippen molar-refractivity contribution in [3.8, 4) is 0 Å². The van der Waals surface area contributed by atoms with Gasteiger partial charge in [0.25, 0.3) is 5.91 Å². The lowest BCUT2D eigenvalue weighted by Crippen LogP contribution is -2.46. The van der Waals surface area contributed by atoms with Gasteiger partial charge in [-0.2, -0.15) is 0 Å². The Bertz CT molecular complexity index is 999. The first-order valence-electron chi connectivity index (χ1n) is 12.5. The van der Waals surface area contributed by atoms with E-state index in [1.54, 1.807) is 6.07 Å². The van der Waals surface area contributed by atoms with Gasteiger partial charge < -0.3 is 26.2 Å². The highest BCUT2D eigenvalue weighted by atomic mass is 35.5. The number of amides is 1. The third-order valence-corrected chi connectivity index (χ3v) is 7.14. The zero-order valence-electron chi connectivity index (χ0n) is 20.1. The predicted octanol–water partition coefficient (Wildman–Crippen LogP) is 3.94. The molecule has 4 N–H and O–H groups in total. The molecule has 188 valence electrons. The first-order valence-corrected chi connectivity index (χ1v) is 13.3. The summed E-state index contributed by atoms with van der Waals surface area (Å²) in [4.78, 5) is 15.0. The van der Waals surface area contributed by atoms with Crippen molar-refractivity contribution in [2.45, 2.75) is 38.3 Å². The number of nitrogens with zero attached hydrogens (tertiary/aromatic N) is 1. The zero-order chi connectivity index (χ0) is 24.5. The molecular formula is C27H35Cl2N5O. The van der Waals surface area contributed by atoms with E-state index in [4.69, 9.17) is 23.2 Å². The summed E-state index contributed by atoms with van der Waals surface area (Å²) in [7, 11) is 0. The maximum Gasteiger partial charge on any atom is 0.251 e. The molecule has 8 heteroatoms. The highest BCUT2D eigenvalue weighted by Gasteiger charge is 2.17. The van der Waals surface area contributed by atoms with E-state index in [0.717, 1.165) is 50.4 Å². The van der Waals surface area contributed by atoms with Crippen molar-refractivity contribution < 1.29 is 4.79 Å². The van der Waals surface area contributed by atoms with Crippen LogP contribution in [0.1, 0.15) is 40.7 Å². The first-order chi connectivity index (χ1) is 17.1. The molecule has 1 amide bonds. The van der Waals surface area contributed by atoms with Gasteiger partial charge in [0.05, 0.1) is 5.82 Å². The Morgan fingerprint density at radius 2 is 1.83 bits per heavy atom. The summed E-state index contributed by atoms with van der Waals surface area (Å²) in [6.45, 7) is 6.34. The van der Waals surface area contributed by atoms with Crippen molar-refractivity contribution >= 4 is 29.1 Å².